The number of rotatable bonds is 3. The van der Waals surface area contributed by atoms with Crippen LogP contribution in [0.15, 0.2) is 29.3 Å². The van der Waals surface area contributed by atoms with Crippen LogP contribution in [-0.2, 0) is 4.79 Å². The van der Waals surface area contributed by atoms with Crippen LogP contribution in [-0.4, -0.2) is 18.2 Å². The number of aliphatic carboxylic acids is 1. The second-order valence-electron chi connectivity index (χ2n) is 2.57. The zero-order valence-corrected chi connectivity index (χ0v) is 8.28. The Morgan fingerprint density at radius 2 is 2.29 bits per heavy atom. The van der Waals surface area contributed by atoms with Gasteiger partial charge in [0.15, 0.2) is 0 Å². The first-order valence-corrected chi connectivity index (χ1v) is 4.26. The van der Waals surface area contributed by atoms with Crippen LogP contribution < -0.4 is 4.74 Å². The molecule has 1 N–H and O–H groups in total. The quantitative estimate of drug-likeness (QED) is 0.783. The van der Waals surface area contributed by atoms with Gasteiger partial charge in [-0.25, -0.2) is 4.79 Å². The highest BCUT2D eigenvalue weighted by Crippen LogP contribution is 2.16. The molecule has 0 fully saturated rings. The fourth-order valence-electron chi connectivity index (χ4n) is 0.939. The van der Waals surface area contributed by atoms with E-state index in [9.17, 15) is 4.79 Å². The molecule has 0 unspecified atom stereocenters. The number of carboxylic acids is 1. The van der Waals surface area contributed by atoms with Gasteiger partial charge in [0.05, 0.1) is 7.11 Å². The van der Waals surface area contributed by atoms with Crippen molar-refractivity contribution in [1.29, 1.82) is 0 Å². The van der Waals surface area contributed by atoms with Crippen molar-refractivity contribution in [2.24, 2.45) is 0 Å². The predicted molar refractivity (Wildman–Crippen MR) is 54.5 cm³/mol. The Morgan fingerprint density at radius 1 is 1.57 bits per heavy atom. The lowest BCUT2D eigenvalue weighted by atomic mass is 10.2. The van der Waals surface area contributed by atoms with E-state index >= 15 is 0 Å². The summed E-state index contributed by atoms with van der Waals surface area (Å²) < 4.78 is 4.98. The number of methoxy groups -OCH3 is 1. The molecule has 0 saturated carbocycles. The third kappa shape index (κ3) is 2.78. The van der Waals surface area contributed by atoms with Crippen molar-refractivity contribution in [2.75, 3.05) is 7.11 Å². The van der Waals surface area contributed by atoms with Crippen LogP contribution in [0.2, 0.25) is 0 Å². The zero-order valence-electron chi connectivity index (χ0n) is 7.53. The molecule has 1 aromatic carbocycles. The highest BCUT2D eigenvalue weighted by Gasteiger charge is 2.02. The molecule has 0 aliphatic rings. The summed E-state index contributed by atoms with van der Waals surface area (Å²) in [6, 6.07) is 6.97. The van der Waals surface area contributed by atoms with E-state index in [2.05, 4.69) is 0 Å². The van der Waals surface area contributed by atoms with Crippen LogP contribution in [0.5, 0.6) is 5.75 Å². The normalized spacial score (nSPS) is 11.1. The summed E-state index contributed by atoms with van der Waals surface area (Å²) in [5.41, 5.74) is 0.691. The summed E-state index contributed by atoms with van der Waals surface area (Å²) in [5.74, 6) is -0.483. The standard InChI is InChI=1S/C10H9ClO3/c1-14-8-4-2-3-7(5-8)6-9(11)10(12)13/h2-6H,1H3,(H,12,13)/b9-6+. The molecular formula is C10H9ClO3. The Kier molecular flexibility index (Phi) is 3.54. The molecule has 0 saturated heterocycles. The molecule has 0 aliphatic heterocycles. The minimum Gasteiger partial charge on any atom is -0.497 e. The number of ether oxygens (including phenoxy) is 1. The van der Waals surface area contributed by atoms with Gasteiger partial charge in [-0.1, -0.05) is 23.7 Å². The molecule has 0 aromatic heterocycles. The van der Waals surface area contributed by atoms with E-state index in [1.54, 1.807) is 31.4 Å². The van der Waals surface area contributed by atoms with Crippen molar-refractivity contribution in [2.45, 2.75) is 0 Å². The number of halogens is 1. The molecule has 74 valence electrons. The van der Waals surface area contributed by atoms with Crippen LogP contribution in [0.3, 0.4) is 0 Å². The molecule has 4 heteroatoms. The van der Waals surface area contributed by atoms with Gasteiger partial charge < -0.3 is 9.84 Å². The lowest BCUT2D eigenvalue weighted by Crippen LogP contribution is -1.93. The molecule has 0 bridgehead atoms. The topological polar surface area (TPSA) is 46.5 Å². The molecule has 14 heavy (non-hydrogen) atoms. The maximum atomic E-state index is 10.4. The third-order valence-electron chi connectivity index (χ3n) is 1.59. The summed E-state index contributed by atoms with van der Waals surface area (Å²) in [6.07, 6.45) is 1.37. The lowest BCUT2D eigenvalue weighted by molar-refractivity contribution is -0.131. The second kappa shape index (κ2) is 4.67. The Hall–Kier alpha value is -1.48. The van der Waals surface area contributed by atoms with Gasteiger partial charge in [-0.2, -0.15) is 0 Å². The summed E-state index contributed by atoms with van der Waals surface area (Å²) in [7, 11) is 1.54. The van der Waals surface area contributed by atoms with E-state index in [0.29, 0.717) is 11.3 Å². The highest BCUT2D eigenvalue weighted by molar-refractivity contribution is 6.42. The molecule has 1 aromatic rings. The first kappa shape index (κ1) is 10.6. The van der Waals surface area contributed by atoms with Gasteiger partial charge in [-0.05, 0) is 23.8 Å². The van der Waals surface area contributed by atoms with Gasteiger partial charge >= 0.3 is 5.97 Å². The first-order valence-electron chi connectivity index (χ1n) is 3.88. The van der Waals surface area contributed by atoms with E-state index in [1.165, 1.54) is 6.08 Å². The van der Waals surface area contributed by atoms with Gasteiger partial charge in [0, 0.05) is 0 Å². The lowest BCUT2D eigenvalue weighted by Gasteiger charge is -2.00. The Morgan fingerprint density at radius 3 is 2.86 bits per heavy atom. The smallest absolute Gasteiger partial charge is 0.347 e. The molecule has 3 nitrogen and oxygen atoms in total. The molecule has 1 rings (SSSR count). The molecule has 0 spiro atoms. The number of hydrogen-bond donors (Lipinski definition) is 1. The maximum Gasteiger partial charge on any atom is 0.347 e. The average molecular weight is 213 g/mol. The van der Waals surface area contributed by atoms with Gasteiger partial charge in [0.1, 0.15) is 10.8 Å². The van der Waals surface area contributed by atoms with Crippen LogP contribution in [0.1, 0.15) is 5.56 Å². The molecule has 0 atom stereocenters. The number of benzene rings is 1. The summed E-state index contributed by atoms with van der Waals surface area (Å²) >= 11 is 5.47. The van der Waals surface area contributed by atoms with Crippen LogP contribution >= 0.6 is 11.6 Å². The van der Waals surface area contributed by atoms with E-state index in [4.69, 9.17) is 21.4 Å². The summed E-state index contributed by atoms with van der Waals surface area (Å²) in [4.78, 5) is 10.4. The van der Waals surface area contributed by atoms with Crippen molar-refractivity contribution in [3.8, 4) is 5.75 Å². The zero-order chi connectivity index (χ0) is 10.6. The highest BCUT2D eigenvalue weighted by atomic mass is 35.5. The third-order valence-corrected chi connectivity index (χ3v) is 1.86. The Labute approximate surface area is 86.6 Å². The summed E-state index contributed by atoms with van der Waals surface area (Å²) in [5, 5.41) is 8.31. The minimum absolute atomic E-state index is 0.224. The number of hydrogen-bond acceptors (Lipinski definition) is 2. The van der Waals surface area contributed by atoms with Crippen molar-refractivity contribution >= 4 is 23.6 Å². The van der Waals surface area contributed by atoms with E-state index in [-0.39, 0.29) is 5.03 Å². The number of carboxylic acid groups (broad SMARTS) is 1. The summed E-state index contributed by atoms with van der Waals surface area (Å²) in [6.45, 7) is 0. The Balaban J connectivity index is 2.97. The number of carbonyl (C=O) groups is 1. The molecular weight excluding hydrogens is 204 g/mol. The van der Waals surface area contributed by atoms with Crippen LogP contribution in [0, 0.1) is 0 Å². The fraction of sp³-hybridized carbons (Fsp3) is 0.100. The van der Waals surface area contributed by atoms with Gasteiger partial charge in [-0.15, -0.1) is 0 Å². The van der Waals surface area contributed by atoms with E-state index < -0.39 is 5.97 Å². The van der Waals surface area contributed by atoms with Crippen molar-refractivity contribution in [3.05, 3.63) is 34.9 Å². The SMILES string of the molecule is COc1cccc(/C=C(/Cl)C(=O)O)c1. The van der Waals surface area contributed by atoms with E-state index in [0.717, 1.165) is 0 Å². The maximum absolute atomic E-state index is 10.4. The van der Waals surface area contributed by atoms with Crippen LogP contribution in [0.25, 0.3) is 6.08 Å². The Bertz CT molecular complexity index is 371. The van der Waals surface area contributed by atoms with Crippen molar-refractivity contribution < 1.29 is 14.6 Å². The molecule has 0 aliphatic carbocycles. The minimum atomic E-state index is -1.14. The second-order valence-corrected chi connectivity index (χ2v) is 2.98. The van der Waals surface area contributed by atoms with Gasteiger partial charge in [0.2, 0.25) is 0 Å². The van der Waals surface area contributed by atoms with E-state index in [1.807, 2.05) is 0 Å². The van der Waals surface area contributed by atoms with Crippen molar-refractivity contribution in [3.63, 3.8) is 0 Å². The van der Waals surface area contributed by atoms with Crippen molar-refractivity contribution in [1.82, 2.24) is 0 Å². The molecule has 0 radical (unpaired) electrons. The fourth-order valence-corrected chi connectivity index (χ4v) is 1.07. The molecule has 0 amide bonds. The predicted octanol–water partition coefficient (Wildman–Crippen LogP) is 2.36. The monoisotopic (exact) mass is 212 g/mol. The van der Waals surface area contributed by atoms with Gasteiger partial charge in [0.25, 0.3) is 0 Å². The first-order chi connectivity index (χ1) is 6.63. The largest absolute Gasteiger partial charge is 0.497 e. The van der Waals surface area contributed by atoms with Gasteiger partial charge in [-0.3, -0.25) is 0 Å². The van der Waals surface area contributed by atoms with Crippen LogP contribution in [0.4, 0.5) is 0 Å². The average Bonchev–Trinajstić information content (AvgIpc) is 2.18. The molecule has 0 heterocycles.